The number of hydrogen-bond donors (Lipinski definition) is 0. The molecule has 0 aromatic carbocycles. The molecule has 1 heterocycles. The summed E-state index contributed by atoms with van der Waals surface area (Å²) in [5.41, 5.74) is 0. The Bertz CT molecular complexity index is 301. The molecule has 0 saturated carbocycles. The Morgan fingerprint density at radius 1 is 1.05 bits per heavy atom. The number of carbonyl (C=O) groups excluding carboxylic acids is 2. The lowest BCUT2D eigenvalue weighted by Gasteiger charge is -2.37. The van der Waals surface area contributed by atoms with Crippen molar-refractivity contribution >= 4 is 12.1 Å². The summed E-state index contributed by atoms with van der Waals surface area (Å²) in [5, 5.41) is 0. The number of hydrogen-bond acceptors (Lipinski definition) is 5. The van der Waals surface area contributed by atoms with E-state index >= 15 is 0 Å². The molecule has 0 radical (unpaired) electrons. The van der Waals surface area contributed by atoms with Crippen LogP contribution in [0.3, 0.4) is 0 Å². The minimum Gasteiger partial charge on any atom is -0.466 e. The van der Waals surface area contributed by atoms with Gasteiger partial charge in [0, 0.05) is 32.2 Å². The molecule has 1 amide bonds. The van der Waals surface area contributed by atoms with Crippen LogP contribution in [-0.2, 0) is 14.3 Å². The molecule has 1 unspecified atom stereocenters. The van der Waals surface area contributed by atoms with Crippen molar-refractivity contribution in [2.45, 2.75) is 33.2 Å². The second-order valence-electron chi connectivity index (χ2n) is 4.58. The summed E-state index contributed by atoms with van der Waals surface area (Å²) in [5.74, 6) is -0.164. The molecule has 1 rings (SSSR count). The number of carbonyl (C=O) groups is 2. The highest BCUT2D eigenvalue weighted by atomic mass is 16.6. The van der Waals surface area contributed by atoms with Gasteiger partial charge in [-0.05, 0) is 20.8 Å². The lowest BCUT2D eigenvalue weighted by Crippen LogP contribution is -2.51. The average Bonchev–Trinajstić information content (AvgIpc) is 2.39. The van der Waals surface area contributed by atoms with Gasteiger partial charge in [-0.3, -0.25) is 9.69 Å². The lowest BCUT2D eigenvalue weighted by molar-refractivity contribution is -0.144. The fraction of sp³-hybridized carbons (Fsp3) is 0.846. The minimum atomic E-state index is -0.250. The SMILES string of the molecule is CCOC(=O)CC(C)N1CCN(C(=O)OCC)CC1. The van der Waals surface area contributed by atoms with Crippen LogP contribution in [0.1, 0.15) is 27.2 Å². The molecule has 1 atom stereocenters. The third-order valence-electron chi connectivity index (χ3n) is 3.23. The first kappa shape index (κ1) is 15.8. The molecule has 0 aromatic rings. The van der Waals surface area contributed by atoms with E-state index in [0.717, 1.165) is 13.1 Å². The Balaban J connectivity index is 2.32. The van der Waals surface area contributed by atoms with E-state index in [1.165, 1.54) is 0 Å². The summed E-state index contributed by atoms with van der Waals surface area (Å²) < 4.78 is 9.91. The highest BCUT2D eigenvalue weighted by molar-refractivity contribution is 5.70. The molecule has 6 nitrogen and oxygen atoms in total. The second kappa shape index (κ2) is 7.99. The first-order chi connectivity index (χ1) is 9.08. The van der Waals surface area contributed by atoms with Gasteiger partial charge in [0.15, 0.2) is 0 Å². The van der Waals surface area contributed by atoms with Gasteiger partial charge in [-0.1, -0.05) is 0 Å². The van der Waals surface area contributed by atoms with Crippen molar-refractivity contribution in [1.82, 2.24) is 9.80 Å². The summed E-state index contributed by atoms with van der Waals surface area (Å²) >= 11 is 0. The van der Waals surface area contributed by atoms with Crippen molar-refractivity contribution < 1.29 is 19.1 Å². The van der Waals surface area contributed by atoms with E-state index in [9.17, 15) is 9.59 Å². The third kappa shape index (κ3) is 5.06. The van der Waals surface area contributed by atoms with E-state index in [2.05, 4.69) is 4.90 Å². The van der Waals surface area contributed by atoms with Crippen LogP contribution >= 0.6 is 0 Å². The second-order valence-corrected chi connectivity index (χ2v) is 4.58. The van der Waals surface area contributed by atoms with E-state index in [0.29, 0.717) is 32.7 Å². The standard InChI is InChI=1S/C13H24N2O4/c1-4-18-12(16)10-11(3)14-6-8-15(9-7-14)13(17)19-5-2/h11H,4-10H2,1-3H3. The van der Waals surface area contributed by atoms with E-state index in [1.807, 2.05) is 6.92 Å². The number of esters is 1. The molecule has 0 spiro atoms. The van der Waals surface area contributed by atoms with Crippen LogP contribution in [0, 0.1) is 0 Å². The topological polar surface area (TPSA) is 59.1 Å². The molecule has 110 valence electrons. The number of nitrogens with zero attached hydrogens (tertiary/aromatic N) is 2. The summed E-state index contributed by atoms with van der Waals surface area (Å²) in [6, 6.07) is 0.142. The molecular formula is C13H24N2O4. The zero-order valence-corrected chi connectivity index (χ0v) is 12.1. The van der Waals surface area contributed by atoms with Crippen molar-refractivity contribution in [3.63, 3.8) is 0 Å². The summed E-state index contributed by atoms with van der Waals surface area (Å²) in [7, 11) is 0. The first-order valence-corrected chi connectivity index (χ1v) is 6.89. The highest BCUT2D eigenvalue weighted by Crippen LogP contribution is 2.10. The van der Waals surface area contributed by atoms with Gasteiger partial charge in [-0.15, -0.1) is 0 Å². The largest absolute Gasteiger partial charge is 0.466 e. The molecule has 1 aliphatic rings. The van der Waals surface area contributed by atoms with Crippen LogP contribution in [0.5, 0.6) is 0 Å². The quantitative estimate of drug-likeness (QED) is 0.701. The number of piperazine rings is 1. The molecule has 1 fully saturated rings. The molecule has 6 heteroatoms. The van der Waals surface area contributed by atoms with E-state index < -0.39 is 0 Å². The third-order valence-corrected chi connectivity index (χ3v) is 3.23. The van der Waals surface area contributed by atoms with Gasteiger partial charge in [0.05, 0.1) is 19.6 Å². The smallest absolute Gasteiger partial charge is 0.409 e. The van der Waals surface area contributed by atoms with E-state index in [1.54, 1.807) is 18.7 Å². The molecule has 0 aromatic heterocycles. The van der Waals surface area contributed by atoms with Gasteiger partial charge in [0.25, 0.3) is 0 Å². The fourth-order valence-corrected chi connectivity index (χ4v) is 2.15. The van der Waals surface area contributed by atoms with E-state index in [4.69, 9.17) is 9.47 Å². The number of ether oxygens (including phenoxy) is 2. The van der Waals surface area contributed by atoms with Crippen molar-refractivity contribution in [2.24, 2.45) is 0 Å². The van der Waals surface area contributed by atoms with Crippen LogP contribution in [-0.4, -0.2) is 67.3 Å². The Morgan fingerprint density at radius 2 is 1.63 bits per heavy atom. The van der Waals surface area contributed by atoms with Crippen LogP contribution in [0.15, 0.2) is 0 Å². The summed E-state index contributed by atoms with van der Waals surface area (Å²) in [6.07, 6.45) is 0.146. The van der Waals surface area contributed by atoms with Gasteiger partial charge in [0.1, 0.15) is 0 Å². The Morgan fingerprint density at radius 3 is 2.16 bits per heavy atom. The fourth-order valence-electron chi connectivity index (χ4n) is 2.15. The molecule has 1 saturated heterocycles. The summed E-state index contributed by atoms with van der Waals surface area (Å²) in [4.78, 5) is 26.9. The molecule has 1 aliphatic heterocycles. The predicted octanol–water partition coefficient (Wildman–Crippen LogP) is 1.10. The summed E-state index contributed by atoms with van der Waals surface area (Å²) in [6.45, 7) is 9.25. The Labute approximate surface area is 114 Å². The average molecular weight is 272 g/mol. The Kier molecular flexibility index (Phi) is 6.62. The van der Waals surface area contributed by atoms with Crippen molar-refractivity contribution in [2.75, 3.05) is 39.4 Å². The first-order valence-electron chi connectivity index (χ1n) is 6.89. The number of rotatable bonds is 5. The van der Waals surface area contributed by atoms with Crippen molar-refractivity contribution in [3.8, 4) is 0 Å². The van der Waals surface area contributed by atoms with Crippen LogP contribution in [0.2, 0.25) is 0 Å². The van der Waals surface area contributed by atoms with Crippen LogP contribution < -0.4 is 0 Å². The molecule has 0 aliphatic carbocycles. The maximum absolute atomic E-state index is 11.5. The van der Waals surface area contributed by atoms with Gasteiger partial charge in [-0.2, -0.15) is 0 Å². The van der Waals surface area contributed by atoms with Gasteiger partial charge < -0.3 is 14.4 Å². The van der Waals surface area contributed by atoms with E-state index in [-0.39, 0.29) is 18.1 Å². The number of amides is 1. The normalized spacial score (nSPS) is 17.9. The minimum absolute atomic E-state index is 0.142. The zero-order chi connectivity index (χ0) is 14.3. The van der Waals surface area contributed by atoms with Crippen LogP contribution in [0.25, 0.3) is 0 Å². The highest BCUT2D eigenvalue weighted by Gasteiger charge is 2.25. The molecule has 0 bridgehead atoms. The van der Waals surface area contributed by atoms with Gasteiger partial charge in [0.2, 0.25) is 0 Å². The van der Waals surface area contributed by atoms with Crippen molar-refractivity contribution in [3.05, 3.63) is 0 Å². The molecule has 19 heavy (non-hydrogen) atoms. The predicted molar refractivity (Wildman–Crippen MR) is 70.9 cm³/mol. The molecule has 0 N–H and O–H groups in total. The zero-order valence-electron chi connectivity index (χ0n) is 12.1. The van der Waals surface area contributed by atoms with Gasteiger partial charge in [-0.25, -0.2) is 4.79 Å². The maximum atomic E-state index is 11.5. The monoisotopic (exact) mass is 272 g/mol. The maximum Gasteiger partial charge on any atom is 0.409 e. The van der Waals surface area contributed by atoms with Crippen molar-refractivity contribution in [1.29, 1.82) is 0 Å². The molecular weight excluding hydrogens is 248 g/mol. The van der Waals surface area contributed by atoms with Gasteiger partial charge >= 0.3 is 12.1 Å². The lowest BCUT2D eigenvalue weighted by atomic mass is 10.2. The van der Waals surface area contributed by atoms with Crippen LogP contribution in [0.4, 0.5) is 4.79 Å². The Hall–Kier alpha value is -1.30.